The number of aliphatic hydroxyl groups excluding tert-OH is 3. The van der Waals surface area contributed by atoms with Crippen molar-refractivity contribution in [3.05, 3.63) is 30.3 Å². The van der Waals surface area contributed by atoms with Gasteiger partial charge in [-0.2, -0.15) is 0 Å². The van der Waals surface area contributed by atoms with Crippen molar-refractivity contribution in [2.75, 3.05) is 17.2 Å². The van der Waals surface area contributed by atoms with E-state index in [1.807, 2.05) is 6.07 Å². The molecule has 8 nitrogen and oxygen atoms in total. The lowest BCUT2D eigenvalue weighted by Crippen LogP contribution is -2.62. The first kappa shape index (κ1) is 30.9. The van der Waals surface area contributed by atoms with Crippen molar-refractivity contribution < 1.29 is 33.1 Å². The molecule has 0 radical (unpaired) electrons. The van der Waals surface area contributed by atoms with Gasteiger partial charge < -0.3 is 24.8 Å². The van der Waals surface area contributed by atoms with Crippen molar-refractivity contribution in [3.8, 4) is 0 Å². The average molecular weight is 591 g/mol. The highest BCUT2D eigenvalue weighted by molar-refractivity contribution is 7.85. The second-order valence-corrected chi connectivity index (χ2v) is 15.7. The molecule has 0 aliphatic heterocycles. The van der Waals surface area contributed by atoms with Crippen LogP contribution in [0.4, 0.5) is 5.69 Å². The molecule has 0 bridgehead atoms. The van der Waals surface area contributed by atoms with E-state index in [0.717, 1.165) is 38.5 Å². The lowest BCUT2D eigenvalue weighted by Gasteiger charge is -2.63. The Morgan fingerprint density at radius 1 is 1.05 bits per heavy atom. The normalized spacial score (nSPS) is 41.1. The number of fused-ring (bicyclic) bond motifs is 5. The fourth-order valence-corrected chi connectivity index (χ4v) is 10.4. The van der Waals surface area contributed by atoms with E-state index in [2.05, 4.69) is 20.8 Å². The Kier molecular flexibility index (Phi) is 8.69. The summed E-state index contributed by atoms with van der Waals surface area (Å²) < 4.78 is 34.0. The molecule has 9 heteroatoms. The topological polar surface area (TPSA) is 138 Å². The van der Waals surface area contributed by atoms with Gasteiger partial charge in [0, 0.05) is 18.7 Å². The van der Waals surface area contributed by atoms with Crippen molar-refractivity contribution in [1.29, 1.82) is 0 Å². The summed E-state index contributed by atoms with van der Waals surface area (Å²) in [5, 5.41) is 33.6. The molecule has 3 N–H and O–H groups in total. The standard InChI is InChI=1S/C32H49NO7S/c1-20(9-12-29(37)33(15-16-41(38,39)40)22-7-5-4-6-8-22)24-10-11-25-30-26(19-28(36)32(24,25)3)31(2)14-13-23(34)17-21(31)18-27(30)35/h4-8,20-21,23-28,30,34-36H,9-19H2,1-3H3,(H,38,39,40)/p-1/t20-,21+,23-,24-,25+,26+,27-,28+,30+,31+,32-/m1/s1. The third-order valence-electron chi connectivity index (χ3n) is 12.3. The minimum absolute atomic E-state index is 0.0278. The Hall–Kier alpha value is -1.52. The number of carbonyl (C=O) groups is 1. The van der Waals surface area contributed by atoms with E-state index in [1.54, 1.807) is 24.3 Å². The zero-order valence-corrected chi connectivity index (χ0v) is 25.5. The molecule has 5 rings (SSSR count). The van der Waals surface area contributed by atoms with E-state index < -0.39 is 28.1 Å². The molecular weight excluding hydrogens is 542 g/mol. The van der Waals surface area contributed by atoms with Gasteiger partial charge in [-0.25, -0.2) is 8.42 Å². The van der Waals surface area contributed by atoms with Gasteiger partial charge in [0.1, 0.15) is 0 Å². The Balaban J connectivity index is 1.29. The number of nitrogens with zero attached hydrogens (tertiary/aromatic N) is 1. The summed E-state index contributed by atoms with van der Waals surface area (Å²) in [7, 11) is -4.47. The van der Waals surface area contributed by atoms with E-state index >= 15 is 0 Å². The fraction of sp³-hybridized carbons (Fsp3) is 0.781. The third kappa shape index (κ3) is 5.74. The minimum Gasteiger partial charge on any atom is -0.748 e. The van der Waals surface area contributed by atoms with Crippen molar-refractivity contribution in [2.24, 2.45) is 46.3 Å². The quantitative estimate of drug-likeness (QED) is 0.390. The minimum atomic E-state index is -4.47. The van der Waals surface area contributed by atoms with Crippen LogP contribution >= 0.6 is 0 Å². The molecule has 11 atom stereocenters. The maximum Gasteiger partial charge on any atom is 0.227 e. The van der Waals surface area contributed by atoms with Crippen molar-refractivity contribution in [2.45, 2.75) is 96.9 Å². The molecule has 230 valence electrons. The summed E-state index contributed by atoms with van der Waals surface area (Å²) in [6.45, 7) is 6.51. The predicted octanol–water partition coefficient (Wildman–Crippen LogP) is 3.94. The molecule has 4 fully saturated rings. The smallest absolute Gasteiger partial charge is 0.227 e. The van der Waals surface area contributed by atoms with E-state index in [0.29, 0.717) is 18.5 Å². The van der Waals surface area contributed by atoms with Gasteiger partial charge in [-0.1, -0.05) is 39.0 Å². The first-order valence-electron chi connectivity index (χ1n) is 15.6. The molecule has 1 amide bonds. The lowest BCUT2D eigenvalue weighted by atomic mass is 9.43. The van der Waals surface area contributed by atoms with Crippen LogP contribution in [0.1, 0.15) is 78.6 Å². The fourth-order valence-electron chi connectivity index (χ4n) is 10.0. The van der Waals surface area contributed by atoms with Gasteiger partial charge in [-0.05, 0) is 110 Å². The van der Waals surface area contributed by atoms with E-state index in [9.17, 15) is 33.1 Å². The lowest BCUT2D eigenvalue weighted by molar-refractivity contribution is -0.207. The van der Waals surface area contributed by atoms with Crippen LogP contribution in [-0.4, -0.2) is 64.8 Å². The first-order chi connectivity index (χ1) is 19.3. The van der Waals surface area contributed by atoms with Crippen LogP contribution in [0.15, 0.2) is 30.3 Å². The zero-order valence-electron chi connectivity index (χ0n) is 24.7. The Morgan fingerprint density at radius 3 is 2.44 bits per heavy atom. The van der Waals surface area contributed by atoms with Gasteiger partial charge in [0.15, 0.2) is 0 Å². The molecule has 0 spiro atoms. The largest absolute Gasteiger partial charge is 0.748 e. The highest BCUT2D eigenvalue weighted by atomic mass is 32.2. The number of aliphatic hydroxyl groups is 3. The molecule has 4 aliphatic carbocycles. The number of hydrogen-bond acceptors (Lipinski definition) is 7. The van der Waals surface area contributed by atoms with Crippen LogP contribution < -0.4 is 4.90 Å². The van der Waals surface area contributed by atoms with Crippen LogP contribution in [0.2, 0.25) is 0 Å². The van der Waals surface area contributed by atoms with Crippen LogP contribution in [-0.2, 0) is 14.9 Å². The number of carbonyl (C=O) groups excluding carboxylic acids is 1. The molecule has 41 heavy (non-hydrogen) atoms. The molecule has 1 aromatic rings. The second kappa shape index (κ2) is 11.5. The van der Waals surface area contributed by atoms with Crippen LogP contribution in [0, 0.1) is 46.3 Å². The third-order valence-corrected chi connectivity index (χ3v) is 13.0. The molecule has 4 saturated carbocycles. The van der Waals surface area contributed by atoms with Crippen molar-refractivity contribution in [1.82, 2.24) is 0 Å². The monoisotopic (exact) mass is 590 g/mol. The van der Waals surface area contributed by atoms with Crippen LogP contribution in [0.25, 0.3) is 0 Å². The van der Waals surface area contributed by atoms with Gasteiger partial charge in [0.25, 0.3) is 0 Å². The molecule has 0 aromatic heterocycles. The molecule has 0 unspecified atom stereocenters. The summed E-state index contributed by atoms with van der Waals surface area (Å²) in [5.41, 5.74) is 0.251. The number of hydrogen-bond donors (Lipinski definition) is 3. The van der Waals surface area contributed by atoms with Gasteiger partial charge in [-0.15, -0.1) is 0 Å². The number of rotatable bonds is 8. The average Bonchev–Trinajstić information content (AvgIpc) is 3.27. The summed E-state index contributed by atoms with van der Waals surface area (Å²) in [6, 6.07) is 8.85. The zero-order chi connectivity index (χ0) is 29.7. The molecule has 4 aliphatic rings. The summed E-state index contributed by atoms with van der Waals surface area (Å²) >= 11 is 0. The molecule has 0 saturated heterocycles. The summed E-state index contributed by atoms with van der Waals surface area (Å²) in [6.07, 6.45) is 5.38. The van der Waals surface area contributed by atoms with Crippen LogP contribution in [0.3, 0.4) is 0 Å². The highest BCUT2D eigenvalue weighted by Crippen LogP contribution is 2.68. The van der Waals surface area contributed by atoms with Crippen molar-refractivity contribution in [3.63, 3.8) is 0 Å². The molecular formula is C32H48NO7S-. The number of anilines is 1. The van der Waals surface area contributed by atoms with Crippen molar-refractivity contribution >= 4 is 21.7 Å². The van der Waals surface area contributed by atoms with Gasteiger partial charge in [0.05, 0.1) is 34.2 Å². The maximum atomic E-state index is 13.4. The van der Waals surface area contributed by atoms with E-state index in [4.69, 9.17) is 0 Å². The second-order valence-electron chi connectivity index (χ2n) is 14.2. The maximum absolute atomic E-state index is 13.4. The summed E-state index contributed by atoms with van der Waals surface area (Å²) in [4.78, 5) is 14.8. The molecule has 0 heterocycles. The summed E-state index contributed by atoms with van der Waals surface area (Å²) in [5.74, 6) is 0.375. The first-order valence-corrected chi connectivity index (χ1v) is 17.2. The number of amides is 1. The van der Waals surface area contributed by atoms with Crippen LogP contribution in [0.5, 0.6) is 0 Å². The number of benzene rings is 1. The van der Waals surface area contributed by atoms with Gasteiger partial charge >= 0.3 is 0 Å². The number of para-hydroxylation sites is 1. The van der Waals surface area contributed by atoms with Gasteiger partial charge in [0.2, 0.25) is 5.91 Å². The van der Waals surface area contributed by atoms with E-state index in [1.165, 1.54) is 4.90 Å². The highest BCUT2D eigenvalue weighted by Gasteiger charge is 2.65. The predicted molar refractivity (Wildman–Crippen MR) is 156 cm³/mol. The molecule has 1 aromatic carbocycles. The Labute approximate surface area is 245 Å². The van der Waals surface area contributed by atoms with E-state index in [-0.39, 0.29) is 71.3 Å². The SMILES string of the molecule is C[C@H](CCC(=O)N(CCS(=O)(=O)[O-])c1ccccc1)[C@H]1CC[C@H]2[C@@H]3[C@H](O)C[C@@H]4C[C@H](O)CC[C@]4(C)[C@H]3C[C@H](O)[C@]12C. The van der Waals surface area contributed by atoms with Gasteiger partial charge in [-0.3, -0.25) is 4.79 Å². The Morgan fingerprint density at radius 2 is 1.76 bits per heavy atom. The Bertz CT molecular complexity index is 1190.